The van der Waals surface area contributed by atoms with Crippen molar-refractivity contribution < 1.29 is 4.79 Å². The summed E-state index contributed by atoms with van der Waals surface area (Å²) in [6, 6.07) is 3.00. The normalized spacial score (nSPS) is 10.2. The lowest BCUT2D eigenvalue weighted by atomic mass is 10.3. The topological polar surface area (TPSA) is 79.8 Å². The van der Waals surface area contributed by atoms with Crippen molar-refractivity contribution in [2.75, 3.05) is 5.32 Å². The number of anilines is 1. The predicted molar refractivity (Wildman–Crippen MR) is 62.9 cm³/mol. The summed E-state index contributed by atoms with van der Waals surface area (Å²) < 4.78 is 1.52. The van der Waals surface area contributed by atoms with Crippen LogP contribution in [0.25, 0.3) is 0 Å². The molecule has 1 amide bonds. The summed E-state index contributed by atoms with van der Waals surface area (Å²) in [5.74, 6) is -0.264. The van der Waals surface area contributed by atoms with E-state index in [1.165, 1.54) is 23.0 Å². The van der Waals surface area contributed by atoms with E-state index in [0.29, 0.717) is 17.8 Å². The Bertz CT molecular complexity index is 571. The SMILES string of the molecule is CCn1cc(NC(=O)c2cn[nH]c2)ccc1=O. The number of H-pyrrole nitrogens is 1. The Hall–Kier alpha value is -2.37. The maximum absolute atomic E-state index is 11.7. The summed E-state index contributed by atoms with van der Waals surface area (Å²) in [6.45, 7) is 2.43. The molecule has 0 aliphatic heterocycles. The molecule has 6 heteroatoms. The first kappa shape index (κ1) is 11.1. The van der Waals surface area contributed by atoms with Crippen LogP contribution in [-0.2, 0) is 6.54 Å². The van der Waals surface area contributed by atoms with Gasteiger partial charge in [-0.15, -0.1) is 0 Å². The Morgan fingerprint density at radius 3 is 3.00 bits per heavy atom. The molecular formula is C11H12N4O2. The fraction of sp³-hybridized carbons (Fsp3) is 0.182. The molecule has 2 aromatic heterocycles. The Kier molecular flexibility index (Phi) is 3.04. The first-order chi connectivity index (χ1) is 8.20. The monoisotopic (exact) mass is 232 g/mol. The summed E-state index contributed by atoms with van der Waals surface area (Å²) >= 11 is 0. The molecule has 0 bridgehead atoms. The van der Waals surface area contributed by atoms with Crippen LogP contribution in [0.3, 0.4) is 0 Å². The van der Waals surface area contributed by atoms with Gasteiger partial charge in [0.2, 0.25) is 0 Å². The molecule has 0 atom stereocenters. The molecule has 2 rings (SSSR count). The zero-order chi connectivity index (χ0) is 12.3. The zero-order valence-corrected chi connectivity index (χ0v) is 9.30. The van der Waals surface area contributed by atoms with E-state index < -0.39 is 0 Å². The minimum atomic E-state index is -0.264. The van der Waals surface area contributed by atoms with Crippen molar-refractivity contribution in [3.63, 3.8) is 0 Å². The van der Waals surface area contributed by atoms with Crippen LogP contribution in [0.15, 0.2) is 35.5 Å². The van der Waals surface area contributed by atoms with E-state index in [0.717, 1.165) is 0 Å². The molecule has 0 aromatic carbocycles. The number of carbonyl (C=O) groups excluding carboxylic acids is 1. The lowest BCUT2D eigenvalue weighted by Gasteiger charge is -2.06. The summed E-state index contributed by atoms with van der Waals surface area (Å²) in [7, 11) is 0. The van der Waals surface area contributed by atoms with Crippen LogP contribution in [0, 0.1) is 0 Å². The second kappa shape index (κ2) is 4.65. The van der Waals surface area contributed by atoms with E-state index in [2.05, 4.69) is 15.5 Å². The molecule has 17 heavy (non-hydrogen) atoms. The number of amides is 1. The van der Waals surface area contributed by atoms with E-state index >= 15 is 0 Å². The number of hydrogen-bond acceptors (Lipinski definition) is 3. The summed E-state index contributed by atoms with van der Waals surface area (Å²) in [5.41, 5.74) is 0.936. The molecule has 2 heterocycles. The van der Waals surface area contributed by atoms with Crippen LogP contribution in [0.2, 0.25) is 0 Å². The second-order valence-electron chi connectivity index (χ2n) is 3.48. The van der Waals surface area contributed by atoms with Crippen molar-refractivity contribution in [2.24, 2.45) is 0 Å². The van der Waals surface area contributed by atoms with Gasteiger partial charge in [-0.3, -0.25) is 14.7 Å². The highest BCUT2D eigenvalue weighted by Crippen LogP contribution is 2.06. The highest BCUT2D eigenvalue weighted by molar-refractivity contribution is 6.03. The van der Waals surface area contributed by atoms with E-state index in [1.54, 1.807) is 12.3 Å². The van der Waals surface area contributed by atoms with Crippen molar-refractivity contribution in [2.45, 2.75) is 13.5 Å². The first-order valence-corrected chi connectivity index (χ1v) is 5.21. The Morgan fingerprint density at radius 1 is 1.53 bits per heavy atom. The highest BCUT2D eigenvalue weighted by atomic mass is 16.1. The number of nitrogens with zero attached hydrogens (tertiary/aromatic N) is 2. The molecule has 2 aromatic rings. The molecule has 0 fully saturated rings. The summed E-state index contributed by atoms with van der Waals surface area (Å²) in [4.78, 5) is 23.1. The lowest BCUT2D eigenvalue weighted by molar-refractivity contribution is 0.102. The van der Waals surface area contributed by atoms with Gasteiger partial charge < -0.3 is 9.88 Å². The standard InChI is InChI=1S/C11H12N4O2/c1-2-15-7-9(3-4-10(15)16)14-11(17)8-5-12-13-6-8/h3-7H,2H2,1H3,(H,12,13)(H,14,17). The van der Waals surface area contributed by atoms with Gasteiger partial charge in [0, 0.05) is 25.0 Å². The fourth-order valence-corrected chi connectivity index (χ4v) is 1.43. The quantitative estimate of drug-likeness (QED) is 0.823. The van der Waals surface area contributed by atoms with Crippen LogP contribution in [0.4, 0.5) is 5.69 Å². The van der Waals surface area contributed by atoms with Gasteiger partial charge in [-0.2, -0.15) is 5.10 Å². The van der Waals surface area contributed by atoms with Gasteiger partial charge >= 0.3 is 0 Å². The molecule has 0 aliphatic rings. The van der Waals surface area contributed by atoms with Crippen molar-refractivity contribution in [3.05, 3.63) is 46.6 Å². The van der Waals surface area contributed by atoms with Crippen molar-refractivity contribution in [1.82, 2.24) is 14.8 Å². The molecule has 0 unspecified atom stereocenters. The fourth-order valence-electron chi connectivity index (χ4n) is 1.43. The first-order valence-electron chi connectivity index (χ1n) is 5.21. The summed E-state index contributed by atoms with van der Waals surface area (Å²) in [5, 5.41) is 8.94. The third-order valence-electron chi connectivity index (χ3n) is 2.34. The van der Waals surface area contributed by atoms with Gasteiger partial charge in [0.15, 0.2) is 0 Å². The van der Waals surface area contributed by atoms with Crippen LogP contribution in [0.5, 0.6) is 0 Å². The van der Waals surface area contributed by atoms with Gasteiger partial charge in [0.1, 0.15) is 0 Å². The lowest BCUT2D eigenvalue weighted by Crippen LogP contribution is -2.19. The van der Waals surface area contributed by atoms with Gasteiger partial charge in [0.25, 0.3) is 11.5 Å². The van der Waals surface area contributed by atoms with E-state index in [9.17, 15) is 9.59 Å². The average Bonchev–Trinajstić information content (AvgIpc) is 2.85. The molecule has 0 saturated heterocycles. The highest BCUT2D eigenvalue weighted by Gasteiger charge is 2.07. The van der Waals surface area contributed by atoms with E-state index in [1.807, 2.05) is 6.92 Å². The number of aromatic amines is 1. The van der Waals surface area contributed by atoms with Gasteiger partial charge in [-0.25, -0.2) is 0 Å². The number of pyridine rings is 1. The number of hydrogen-bond donors (Lipinski definition) is 2. The minimum absolute atomic E-state index is 0.0891. The van der Waals surface area contributed by atoms with Gasteiger partial charge in [0.05, 0.1) is 17.4 Å². The summed E-state index contributed by atoms with van der Waals surface area (Å²) in [6.07, 6.45) is 4.55. The third kappa shape index (κ3) is 2.41. The molecule has 2 N–H and O–H groups in total. The molecule has 0 spiro atoms. The van der Waals surface area contributed by atoms with Crippen LogP contribution in [-0.4, -0.2) is 20.7 Å². The number of aromatic nitrogens is 3. The Labute approximate surface area is 97.3 Å². The average molecular weight is 232 g/mol. The predicted octanol–water partition coefficient (Wildman–Crippen LogP) is 0.844. The number of carbonyl (C=O) groups is 1. The largest absolute Gasteiger partial charge is 0.321 e. The van der Waals surface area contributed by atoms with Crippen molar-refractivity contribution >= 4 is 11.6 Å². The van der Waals surface area contributed by atoms with Gasteiger partial charge in [-0.05, 0) is 13.0 Å². The molecule has 0 aliphatic carbocycles. The molecule has 0 saturated carbocycles. The maximum Gasteiger partial charge on any atom is 0.258 e. The molecule has 6 nitrogen and oxygen atoms in total. The second-order valence-corrected chi connectivity index (χ2v) is 3.48. The maximum atomic E-state index is 11.7. The van der Waals surface area contributed by atoms with Crippen LogP contribution >= 0.6 is 0 Å². The van der Waals surface area contributed by atoms with E-state index in [-0.39, 0.29) is 11.5 Å². The van der Waals surface area contributed by atoms with E-state index in [4.69, 9.17) is 0 Å². The van der Waals surface area contributed by atoms with Crippen molar-refractivity contribution in [1.29, 1.82) is 0 Å². The molecule has 0 radical (unpaired) electrons. The molecule has 88 valence electrons. The smallest absolute Gasteiger partial charge is 0.258 e. The van der Waals surface area contributed by atoms with Crippen LogP contribution < -0.4 is 10.9 Å². The van der Waals surface area contributed by atoms with Gasteiger partial charge in [-0.1, -0.05) is 0 Å². The number of rotatable bonds is 3. The third-order valence-corrected chi connectivity index (χ3v) is 2.34. The van der Waals surface area contributed by atoms with Crippen LogP contribution in [0.1, 0.15) is 17.3 Å². The zero-order valence-electron chi connectivity index (χ0n) is 9.30. The Balaban J connectivity index is 2.19. The minimum Gasteiger partial charge on any atom is -0.321 e. The Morgan fingerprint density at radius 2 is 2.35 bits per heavy atom. The molecular weight excluding hydrogens is 220 g/mol. The van der Waals surface area contributed by atoms with Crippen molar-refractivity contribution in [3.8, 4) is 0 Å². The number of aryl methyl sites for hydroxylation is 1. The number of nitrogens with one attached hydrogen (secondary N) is 2.